The first-order valence-corrected chi connectivity index (χ1v) is 6.79. The molecular formula is C14H17N5O2. The van der Waals surface area contributed by atoms with Crippen molar-refractivity contribution in [2.24, 2.45) is 5.92 Å². The van der Waals surface area contributed by atoms with E-state index in [9.17, 15) is 4.79 Å². The van der Waals surface area contributed by atoms with Crippen molar-refractivity contribution < 1.29 is 9.53 Å². The Kier molecular flexibility index (Phi) is 3.94. The molecule has 2 heterocycles. The van der Waals surface area contributed by atoms with Gasteiger partial charge in [-0.15, -0.1) is 0 Å². The molecule has 2 aromatic rings. The minimum atomic E-state index is -0.196. The summed E-state index contributed by atoms with van der Waals surface area (Å²) < 4.78 is 6.99. The van der Waals surface area contributed by atoms with Crippen LogP contribution in [0.25, 0.3) is 5.69 Å². The van der Waals surface area contributed by atoms with E-state index in [-0.39, 0.29) is 17.9 Å². The zero-order valence-corrected chi connectivity index (χ0v) is 11.7. The highest BCUT2D eigenvalue weighted by atomic mass is 16.5. The Bertz CT molecular complexity index is 614. The average Bonchev–Trinajstić information content (AvgIpc) is 3.19. The van der Waals surface area contributed by atoms with Crippen molar-refractivity contribution in [1.82, 2.24) is 20.1 Å². The van der Waals surface area contributed by atoms with Crippen molar-refractivity contribution in [2.75, 3.05) is 25.6 Å². The minimum absolute atomic E-state index is 0.0449. The molecular weight excluding hydrogens is 270 g/mol. The highest BCUT2D eigenvalue weighted by Gasteiger charge is 2.33. The van der Waals surface area contributed by atoms with Crippen LogP contribution in [0.4, 0.5) is 5.69 Å². The topological polar surface area (TPSA) is 81.1 Å². The second kappa shape index (κ2) is 6.02. The number of carbonyl (C=O) groups excluding carboxylic acids is 1. The predicted octanol–water partition coefficient (Wildman–Crippen LogP) is 0.440. The number of benzene rings is 1. The third-order valence-corrected chi connectivity index (χ3v) is 3.62. The zero-order valence-electron chi connectivity index (χ0n) is 11.7. The van der Waals surface area contributed by atoms with Gasteiger partial charge in [0.15, 0.2) is 0 Å². The monoisotopic (exact) mass is 287 g/mol. The van der Waals surface area contributed by atoms with Crippen molar-refractivity contribution in [3.05, 3.63) is 36.9 Å². The second-order valence-electron chi connectivity index (χ2n) is 4.89. The molecule has 0 aliphatic carbocycles. The van der Waals surface area contributed by atoms with E-state index in [0.717, 1.165) is 5.69 Å². The second-order valence-corrected chi connectivity index (χ2v) is 4.89. The first-order chi connectivity index (χ1) is 10.3. The SMILES string of the molecule is CNC1COCC1C(=O)Nc1ccccc1-n1cncn1. The summed E-state index contributed by atoms with van der Waals surface area (Å²) in [4.78, 5) is 16.4. The summed E-state index contributed by atoms with van der Waals surface area (Å²) >= 11 is 0. The van der Waals surface area contributed by atoms with Gasteiger partial charge in [0, 0.05) is 6.04 Å². The molecule has 0 spiro atoms. The number of amides is 1. The summed E-state index contributed by atoms with van der Waals surface area (Å²) in [6.07, 6.45) is 3.06. The Morgan fingerprint density at radius 3 is 3.00 bits per heavy atom. The zero-order chi connectivity index (χ0) is 14.7. The molecule has 110 valence electrons. The van der Waals surface area contributed by atoms with Crippen LogP contribution in [0.5, 0.6) is 0 Å². The van der Waals surface area contributed by atoms with E-state index in [4.69, 9.17) is 4.74 Å². The molecule has 2 unspecified atom stereocenters. The normalized spacial score (nSPS) is 21.4. The van der Waals surface area contributed by atoms with E-state index in [0.29, 0.717) is 18.9 Å². The van der Waals surface area contributed by atoms with E-state index in [1.54, 1.807) is 11.0 Å². The first-order valence-electron chi connectivity index (χ1n) is 6.79. The fraction of sp³-hybridized carbons (Fsp3) is 0.357. The summed E-state index contributed by atoms with van der Waals surface area (Å²) in [7, 11) is 1.84. The molecule has 0 saturated carbocycles. The number of nitrogens with one attached hydrogen (secondary N) is 2. The number of anilines is 1. The van der Waals surface area contributed by atoms with Gasteiger partial charge >= 0.3 is 0 Å². The van der Waals surface area contributed by atoms with Crippen LogP contribution in [0.2, 0.25) is 0 Å². The van der Waals surface area contributed by atoms with E-state index < -0.39 is 0 Å². The number of nitrogens with zero attached hydrogens (tertiary/aromatic N) is 3. The van der Waals surface area contributed by atoms with Gasteiger partial charge in [0.25, 0.3) is 0 Å². The molecule has 1 aliphatic rings. The fourth-order valence-corrected chi connectivity index (χ4v) is 2.43. The highest BCUT2D eigenvalue weighted by Crippen LogP contribution is 2.21. The molecule has 0 bridgehead atoms. The van der Waals surface area contributed by atoms with Gasteiger partial charge in [0.1, 0.15) is 12.7 Å². The maximum absolute atomic E-state index is 12.4. The molecule has 7 heteroatoms. The van der Waals surface area contributed by atoms with Crippen molar-refractivity contribution >= 4 is 11.6 Å². The van der Waals surface area contributed by atoms with Gasteiger partial charge in [0.05, 0.1) is 30.5 Å². The molecule has 7 nitrogen and oxygen atoms in total. The first kappa shape index (κ1) is 13.7. The van der Waals surface area contributed by atoms with Crippen LogP contribution in [0.1, 0.15) is 0 Å². The number of hydrogen-bond donors (Lipinski definition) is 2. The molecule has 1 aliphatic heterocycles. The molecule has 1 amide bonds. The van der Waals surface area contributed by atoms with Crippen LogP contribution in [0.15, 0.2) is 36.9 Å². The molecule has 1 saturated heterocycles. The Morgan fingerprint density at radius 1 is 1.38 bits per heavy atom. The van der Waals surface area contributed by atoms with Crippen LogP contribution in [-0.2, 0) is 9.53 Å². The van der Waals surface area contributed by atoms with E-state index >= 15 is 0 Å². The van der Waals surface area contributed by atoms with Crippen molar-refractivity contribution in [3.63, 3.8) is 0 Å². The number of para-hydroxylation sites is 2. The lowest BCUT2D eigenvalue weighted by Crippen LogP contribution is -2.39. The lowest BCUT2D eigenvalue weighted by molar-refractivity contribution is -0.120. The maximum Gasteiger partial charge on any atom is 0.231 e. The number of aromatic nitrogens is 3. The quantitative estimate of drug-likeness (QED) is 0.853. The molecule has 0 radical (unpaired) electrons. The molecule has 3 rings (SSSR count). The smallest absolute Gasteiger partial charge is 0.231 e. The summed E-state index contributed by atoms with van der Waals surface area (Å²) in [5, 5.41) is 10.2. The third kappa shape index (κ3) is 2.79. The number of carbonyl (C=O) groups is 1. The summed E-state index contributed by atoms with van der Waals surface area (Å²) in [6.45, 7) is 0.988. The fourth-order valence-electron chi connectivity index (χ4n) is 2.43. The number of rotatable bonds is 4. The van der Waals surface area contributed by atoms with E-state index in [1.165, 1.54) is 6.33 Å². The number of ether oxygens (including phenoxy) is 1. The molecule has 1 fully saturated rings. The Balaban J connectivity index is 1.81. The molecule has 2 N–H and O–H groups in total. The van der Waals surface area contributed by atoms with Gasteiger partial charge in [-0.05, 0) is 19.2 Å². The van der Waals surface area contributed by atoms with Gasteiger partial charge in [-0.2, -0.15) is 5.10 Å². The Morgan fingerprint density at radius 2 is 2.24 bits per heavy atom. The molecule has 21 heavy (non-hydrogen) atoms. The van der Waals surface area contributed by atoms with Gasteiger partial charge < -0.3 is 15.4 Å². The lowest BCUT2D eigenvalue weighted by Gasteiger charge is -2.17. The molecule has 1 aromatic heterocycles. The summed E-state index contributed by atoms with van der Waals surface area (Å²) in [5.74, 6) is -0.252. The standard InChI is InChI=1S/C14H17N5O2/c1-15-12-7-21-6-10(12)14(20)18-11-4-2-3-5-13(11)19-9-16-8-17-19/h2-5,8-10,12,15H,6-7H2,1H3,(H,18,20). The van der Waals surface area contributed by atoms with Crippen molar-refractivity contribution in [3.8, 4) is 5.69 Å². The number of hydrogen-bond acceptors (Lipinski definition) is 5. The highest BCUT2D eigenvalue weighted by molar-refractivity contribution is 5.95. The number of likely N-dealkylation sites (N-methyl/N-ethyl adjacent to an activating group) is 1. The van der Waals surface area contributed by atoms with Crippen LogP contribution in [0.3, 0.4) is 0 Å². The predicted molar refractivity (Wildman–Crippen MR) is 77.1 cm³/mol. The van der Waals surface area contributed by atoms with Gasteiger partial charge in [0.2, 0.25) is 5.91 Å². The van der Waals surface area contributed by atoms with Crippen LogP contribution in [0, 0.1) is 5.92 Å². The van der Waals surface area contributed by atoms with E-state index in [1.807, 2.05) is 31.3 Å². The third-order valence-electron chi connectivity index (χ3n) is 3.62. The Labute approximate surface area is 122 Å². The van der Waals surface area contributed by atoms with Gasteiger partial charge in [-0.3, -0.25) is 4.79 Å². The summed E-state index contributed by atoms with van der Waals surface area (Å²) in [6, 6.07) is 7.53. The van der Waals surface area contributed by atoms with Crippen molar-refractivity contribution in [1.29, 1.82) is 0 Å². The maximum atomic E-state index is 12.4. The van der Waals surface area contributed by atoms with E-state index in [2.05, 4.69) is 20.7 Å². The summed E-state index contributed by atoms with van der Waals surface area (Å²) in [5.41, 5.74) is 1.48. The lowest BCUT2D eigenvalue weighted by atomic mass is 10.0. The van der Waals surface area contributed by atoms with Gasteiger partial charge in [-0.25, -0.2) is 9.67 Å². The van der Waals surface area contributed by atoms with Crippen LogP contribution < -0.4 is 10.6 Å². The minimum Gasteiger partial charge on any atom is -0.379 e. The Hall–Kier alpha value is -2.25. The van der Waals surface area contributed by atoms with Crippen LogP contribution in [-0.4, -0.2) is 47.0 Å². The molecule has 2 atom stereocenters. The van der Waals surface area contributed by atoms with Crippen LogP contribution >= 0.6 is 0 Å². The van der Waals surface area contributed by atoms with Gasteiger partial charge in [-0.1, -0.05) is 12.1 Å². The average molecular weight is 287 g/mol. The largest absolute Gasteiger partial charge is 0.379 e. The molecule has 1 aromatic carbocycles. The van der Waals surface area contributed by atoms with Crippen molar-refractivity contribution in [2.45, 2.75) is 6.04 Å².